The van der Waals surface area contributed by atoms with Gasteiger partial charge in [0.05, 0.1) is 18.1 Å². The number of anilines is 1. The zero-order valence-corrected chi connectivity index (χ0v) is 16.8. The number of aromatic nitrogens is 1. The molecule has 1 N–H and O–H groups in total. The minimum Gasteiger partial charge on any atom is -0.379 e. The Bertz CT molecular complexity index is 923. The number of amides is 1. The summed E-state index contributed by atoms with van der Waals surface area (Å²) in [5, 5.41) is 2.80. The van der Waals surface area contributed by atoms with Crippen LogP contribution in [-0.4, -0.2) is 64.0 Å². The first-order valence-electron chi connectivity index (χ1n) is 8.96. The molecule has 1 amide bonds. The number of ether oxygens (including phenoxy) is 1. The predicted molar refractivity (Wildman–Crippen MR) is 106 cm³/mol. The number of carbonyl (C=O) groups excluding carboxylic acids is 1. The Morgan fingerprint density at radius 3 is 2.61 bits per heavy atom. The quantitative estimate of drug-likeness (QED) is 0.775. The molecule has 1 saturated heterocycles. The molecule has 3 rings (SSSR count). The van der Waals surface area contributed by atoms with E-state index in [0.29, 0.717) is 38.4 Å². The van der Waals surface area contributed by atoms with Crippen LogP contribution < -0.4 is 10.2 Å². The summed E-state index contributed by atoms with van der Waals surface area (Å²) < 4.78 is 32.1. The van der Waals surface area contributed by atoms with Crippen LogP contribution in [-0.2, 0) is 21.3 Å². The van der Waals surface area contributed by atoms with Gasteiger partial charge in [-0.15, -0.1) is 0 Å². The lowest BCUT2D eigenvalue weighted by Gasteiger charge is -2.26. The van der Waals surface area contributed by atoms with Crippen LogP contribution in [0, 0.1) is 0 Å². The first kappa shape index (κ1) is 20.2. The lowest BCUT2D eigenvalue weighted by molar-refractivity contribution is 0.0730. The minimum absolute atomic E-state index is 0.110. The second-order valence-corrected chi connectivity index (χ2v) is 8.58. The van der Waals surface area contributed by atoms with Crippen LogP contribution in [0.5, 0.6) is 0 Å². The summed E-state index contributed by atoms with van der Waals surface area (Å²) in [7, 11) is 0.170. The van der Waals surface area contributed by atoms with Crippen LogP contribution in [0.3, 0.4) is 0 Å². The zero-order valence-electron chi connectivity index (χ0n) is 16.0. The van der Waals surface area contributed by atoms with Crippen LogP contribution in [0.2, 0.25) is 0 Å². The number of nitrogens with zero attached hydrogens (tertiary/aromatic N) is 3. The van der Waals surface area contributed by atoms with E-state index in [-0.39, 0.29) is 10.8 Å². The number of rotatable bonds is 6. The number of sulfonamides is 1. The summed E-state index contributed by atoms with van der Waals surface area (Å²) in [6.45, 7) is 1.68. The van der Waals surface area contributed by atoms with E-state index < -0.39 is 10.0 Å². The molecule has 1 aliphatic heterocycles. The SMILES string of the molecule is CN(C)c1ccc(CNC(=O)c2cccc(S(=O)(=O)N3CCOCC3)c2)cn1. The van der Waals surface area contributed by atoms with Gasteiger partial charge in [-0.3, -0.25) is 4.79 Å². The summed E-state index contributed by atoms with van der Waals surface area (Å²) in [6.07, 6.45) is 1.70. The topological polar surface area (TPSA) is 91.8 Å². The fourth-order valence-electron chi connectivity index (χ4n) is 2.80. The Labute approximate surface area is 165 Å². The van der Waals surface area contributed by atoms with Gasteiger partial charge in [0.2, 0.25) is 10.0 Å². The molecule has 1 fully saturated rings. The van der Waals surface area contributed by atoms with E-state index in [1.54, 1.807) is 18.3 Å². The molecule has 8 nitrogen and oxygen atoms in total. The molecule has 2 aromatic rings. The van der Waals surface area contributed by atoms with Crippen molar-refractivity contribution < 1.29 is 17.9 Å². The molecule has 2 heterocycles. The standard InChI is InChI=1S/C19H24N4O4S/c1-22(2)18-7-6-15(13-20-18)14-21-19(24)16-4-3-5-17(12-16)28(25,26)23-8-10-27-11-9-23/h3-7,12-13H,8-11,14H2,1-2H3,(H,21,24). The summed E-state index contributed by atoms with van der Waals surface area (Å²) in [4.78, 5) is 18.8. The lowest BCUT2D eigenvalue weighted by atomic mass is 10.2. The van der Waals surface area contributed by atoms with Gasteiger partial charge in [-0.25, -0.2) is 13.4 Å². The van der Waals surface area contributed by atoms with Crippen LogP contribution >= 0.6 is 0 Å². The first-order chi connectivity index (χ1) is 13.4. The van der Waals surface area contributed by atoms with Gasteiger partial charge in [-0.05, 0) is 29.8 Å². The number of carbonyl (C=O) groups is 1. The Morgan fingerprint density at radius 2 is 1.96 bits per heavy atom. The Morgan fingerprint density at radius 1 is 1.21 bits per heavy atom. The summed E-state index contributed by atoms with van der Waals surface area (Å²) in [5.74, 6) is 0.492. The number of hydrogen-bond acceptors (Lipinski definition) is 6. The molecule has 9 heteroatoms. The van der Waals surface area contributed by atoms with Crippen molar-refractivity contribution in [2.24, 2.45) is 0 Å². The highest BCUT2D eigenvalue weighted by Gasteiger charge is 2.26. The highest BCUT2D eigenvalue weighted by molar-refractivity contribution is 7.89. The first-order valence-corrected chi connectivity index (χ1v) is 10.4. The number of pyridine rings is 1. The predicted octanol–water partition coefficient (Wildman–Crippen LogP) is 1.10. The smallest absolute Gasteiger partial charge is 0.251 e. The molecule has 150 valence electrons. The van der Waals surface area contributed by atoms with Gasteiger partial charge >= 0.3 is 0 Å². The van der Waals surface area contributed by atoms with E-state index in [4.69, 9.17) is 4.74 Å². The van der Waals surface area contributed by atoms with E-state index >= 15 is 0 Å². The molecular weight excluding hydrogens is 380 g/mol. The molecular formula is C19H24N4O4S. The summed E-state index contributed by atoms with van der Waals surface area (Å²) >= 11 is 0. The second-order valence-electron chi connectivity index (χ2n) is 6.65. The van der Waals surface area contributed by atoms with E-state index in [9.17, 15) is 13.2 Å². The normalized spacial score (nSPS) is 15.2. The third-order valence-corrected chi connectivity index (χ3v) is 6.32. The van der Waals surface area contributed by atoms with E-state index in [1.807, 2.05) is 31.1 Å². The molecule has 0 radical (unpaired) electrons. The Balaban J connectivity index is 1.68. The highest BCUT2D eigenvalue weighted by Crippen LogP contribution is 2.18. The Kier molecular flexibility index (Phi) is 6.28. The molecule has 0 atom stereocenters. The van der Waals surface area contributed by atoms with E-state index in [2.05, 4.69) is 10.3 Å². The van der Waals surface area contributed by atoms with Gasteiger partial charge in [0.15, 0.2) is 0 Å². The molecule has 0 bridgehead atoms. The van der Waals surface area contributed by atoms with Crippen molar-refractivity contribution in [3.05, 3.63) is 53.7 Å². The Hall–Kier alpha value is -2.49. The van der Waals surface area contributed by atoms with Crippen molar-refractivity contribution in [3.8, 4) is 0 Å². The maximum absolute atomic E-state index is 12.8. The van der Waals surface area contributed by atoms with Crippen LogP contribution in [0.25, 0.3) is 0 Å². The second kappa shape index (κ2) is 8.68. The minimum atomic E-state index is -3.64. The van der Waals surface area contributed by atoms with Crippen molar-refractivity contribution in [1.82, 2.24) is 14.6 Å². The number of nitrogens with one attached hydrogen (secondary N) is 1. The van der Waals surface area contributed by atoms with Crippen LogP contribution in [0.1, 0.15) is 15.9 Å². The van der Waals surface area contributed by atoms with Crippen molar-refractivity contribution >= 4 is 21.7 Å². The fourth-order valence-corrected chi connectivity index (χ4v) is 4.26. The molecule has 1 aliphatic rings. The maximum atomic E-state index is 12.8. The molecule has 0 aliphatic carbocycles. The molecule has 0 saturated carbocycles. The third kappa shape index (κ3) is 4.67. The van der Waals surface area contributed by atoms with Crippen LogP contribution in [0.4, 0.5) is 5.82 Å². The number of benzene rings is 1. The third-order valence-electron chi connectivity index (χ3n) is 4.42. The zero-order chi connectivity index (χ0) is 20.1. The maximum Gasteiger partial charge on any atom is 0.251 e. The number of morpholine rings is 1. The van der Waals surface area contributed by atoms with E-state index in [1.165, 1.54) is 16.4 Å². The lowest BCUT2D eigenvalue weighted by Crippen LogP contribution is -2.40. The van der Waals surface area contributed by atoms with Gasteiger partial charge in [0, 0.05) is 45.5 Å². The van der Waals surface area contributed by atoms with Gasteiger partial charge in [-0.1, -0.05) is 12.1 Å². The van der Waals surface area contributed by atoms with Crippen molar-refractivity contribution in [1.29, 1.82) is 0 Å². The van der Waals surface area contributed by atoms with Gasteiger partial charge < -0.3 is 15.0 Å². The molecule has 1 aromatic heterocycles. The van der Waals surface area contributed by atoms with Crippen molar-refractivity contribution in [2.75, 3.05) is 45.3 Å². The van der Waals surface area contributed by atoms with E-state index in [0.717, 1.165) is 11.4 Å². The average Bonchev–Trinajstić information content (AvgIpc) is 2.73. The fraction of sp³-hybridized carbons (Fsp3) is 0.368. The monoisotopic (exact) mass is 404 g/mol. The molecule has 28 heavy (non-hydrogen) atoms. The summed E-state index contributed by atoms with van der Waals surface area (Å²) in [5.41, 5.74) is 1.16. The molecule has 0 spiro atoms. The summed E-state index contributed by atoms with van der Waals surface area (Å²) in [6, 6.07) is 9.86. The van der Waals surface area contributed by atoms with Crippen molar-refractivity contribution in [3.63, 3.8) is 0 Å². The van der Waals surface area contributed by atoms with Gasteiger partial charge in [-0.2, -0.15) is 4.31 Å². The average molecular weight is 404 g/mol. The largest absolute Gasteiger partial charge is 0.379 e. The molecule has 1 aromatic carbocycles. The van der Waals surface area contributed by atoms with Gasteiger partial charge in [0.25, 0.3) is 5.91 Å². The van der Waals surface area contributed by atoms with Crippen molar-refractivity contribution in [2.45, 2.75) is 11.4 Å². The van der Waals surface area contributed by atoms with Crippen LogP contribution in [0.15, 0.2) is 47.5 Å². The molecule has 0 unspecified atom stereocenters. The number of hydrogen-bond donors (Lipinski definition) is 1. The van der Waals surface area contributed by atoms with Gasteiger partial charge in [0.1, 0.15) is 5.82 Å². The highest BCUT2D eigenvalue weighted by atomic mass is 32.2.